The average Bonchev–Trinajstić information content (AvgIpc) is 2.53. The summed E-state index contributed by atoms with van der Waals surface area (Å²) in [7, 11) is -7.08. The topological polar surface area (TPSA) is 104 Å². The van der Waals surface area contributed by atoms with Gasteiger partial charge in [0, 0.05) is 18.3 Å². The molecule has 25 heavy (non-hydrogen) atoms. The van der Waals surface area contributed by atoms with Crippen molar-refractivity contribution >= 4 is 25.7 Å². The number of anilines is 1. The van der Waals surface area contributed by atoms with Crippen LogP contribution in [0.4, 0.5) is 5.69 Å². The Morgan fingerprint density at radius 1 is 1.20 bits per heavy atom. The van der Waals surface area contributed by atoms with Gasteiger partial charge in [-0.25, -0.2) is 16.8 Å². The van der Waals surface area contributed by atoms with Crippen molar-refractivity contribution < 1.29 is 21.9 Å². The van der Waals surface area contributed by atoms with Gasteiger partial charge < -0.3 is 5.11 Å². The summed E-state index contributed by atoms with van der Waals surface area (Å²) < 4.78 is 53.1. The molecule has 142 valence electrons. The number of aliphatic hydroxyl groups excluding tert-OH is 1. The highest BCUT2D eigenvalue weighted by molar-refractivity contribution is 7.92. The minimum Gasteiger partial charge on any atom is -0.393 e. The van der Waals surface area contributed by atoms with E-state index in [1.54, 1.807) is 6.92 Å². The molecule has 1 aliphatic rings. The highest BCUT2D eigenvalue weighted by atomic mass is 32.2. The fourth-order valence-corrected chi connectivity index (χ4v) is 5.80. The van der Waals surface area contributed by atoms with Gasteiger partial charge >= 0.3 is 0 Å². The summed E-state index contributed by atoms with van der Waals surface area (Å²) in [6, 6.07) is 5.45. The third-order valence-electron chi connectivity index (χ3n) is 4.29. The molecule has 7 nitrogen and oxygen atoms in total. The number of piperidine rings is 1. The number of nitrogens with one attached hydrogen (secondary N) is 1. The summed E-state index contributed by atoms with van der Waals surface area (Å²) in [5, 5.41) is 9.65. The first kappa shape index (κ1) is 20.2. The molecule has 1 aromatic rings. The fraction of sp³-hybridized carbons (Fsp3) is 0.625. The molecule has 1 saturated heterocycles. The maximum atomic E-state index is 12.7. The van der Waals surface area contributed by atoms with Crippen LogP contribution in [-0.2, 0) is 20.0 Å². The molecule has 1 fully saturated rings. The van der Waals surface area contributed by atoms with Crippen molar-refractivity contribution in [3.8, 4) is 0 Å². The van der Waals surface area contributed by atoms with Gasteiger partial charge in [-0.1, -0.05) is 13.3 Å². The summed E-state index contributed by atoms with van der Waals surface area (Å²) >= 11 is 0. The molecule has 1 aliphatic heterocycles. The van der Waals surface area contributed by atoms with E-state index in [-0.39, 0.29) is 23.2 Å². The molecule has 0 saturated carbocycles. The summed E-state index contributed by atoms with van der Waals surface area (Å²) in [5.74, 6) is 0.0389. The van der Waals surface area contributed by atoms with Crippen molar-refractivity contribution in [2.75, 3.05) is 17.0 Å². The van der Waals surface area contributed by atoms with Crippen LogP contribution >= 0.6 is 0 Å². The van der Waals surface area contributed by atoms with E-state index >= 15 is 0 Å². The van der Waals surface area contributed by atoms with Crippen molar-refractivity contribution in [1.82, 2.24) is 4.31 Å². The summed E-state index contributed by atoms with van der Waals surface area (Å²) in [6.45, 7) is 3.96. The van der Waals surface area contributed by atoms with Gasteiger partial charge in [-0.05, 0) is 50.5 Å². The van der Waals surface area contributed by atoms with E-state index in [0.717, 1.165) is 6.42 Å². The Bertz CT molecular complexity index is 775. The van der Waals surface area contributed by atoms with Crippen LogP contribution in [0.1, 0.15) is 39.5 Å². The molecule has 2 atom stereocenters. The molecule has 2 N–H and O–H groups in total. The summed E-state index contributed by atoms with van der Waals surface area (Å²) in [6.07, 6.45) is 1.70. The second-order valence-electron chi connectivity index (χ2n) is 6.44. The molecule has 1 heterocycles. The maximum absolute atomic E-state index is 12.7. The van der Waals surface area contributed by atoms with Crippen LogP contribution in [-0.4, -0.2) is 50.7 Å². The van der Waals surface area contributed by atoms with Gasteiger partial charge in [-0.15, -0.1) is 0 Å². The van der Waals surface area contributed by atoms with Crippen LogP contribution in [0.5, 0.6) is 0 Å². The van der Waals surface area contributed by atoms with Crippen molar-refractivity contribution in [3.63, 3.8) is 0 Å². The number of unbranched alkanes of at least 4 members (excludes halogenated alkanes) is 1. The Labute approximate surface area is 150 Å². The molecule has 0 bridgehead atoms. The Morgan fingerprint density at radius 3 is 2.40 bits per heavy atom. The Hall–Kier alpha value is -1.16. The number of aliphatic hydroxyl groups is 1. The van der Waals surface area contributed by atoms with Crippen LogP contribution in [0.25, 0.3) is 0 Å². The van der Waals surface area contributed by atoms with Crippen LogP contribution in [0.15, 0.2) is 29.2 Å². The standard InChI is InChI=1S/C16H26N2O5S2/c1-3-4-11-24(20,21)17-14-5-7-16(8-6-14)25(22,23)18-10-9-15(19)12-13(18)2/h5-8,13,15,17,19H,3-4,9-12H2,1-2H3/t13-,15+/m1/s1. The molecular weight excluding hydrogens is 364 g/mol. The van der Waals surface area contributed by atoms with Crippen LogP contribution < -0.4 is 4.72 Å². The van der Waals surface area contributed by atoms with Gasteiger partial charge in [0.15, 0.2) is 0 Å². The van der Waals surface area contributed by atoms with Gasteiger partial charge in [-0.3, -0.25) is 4.72 Å². The molecule has 2 rings (SSSR count). The lowest BCUT2D eigenvalue weighted by Crippen LogP contribution is -2.45. The molecule has 0 unspecified atom stereocenters. The molecule has 0 aromatic heterocycles. The third-order valence-corrected chi connectivity index (χ3v) is 7.69. The maximum Gasteiger partial charge on any atom is 0.243 e. The summed E-state index contributed by atoms with van der Waals surface area (Å²) in [5.41, 5.74) is 0.345. The van der Waals surface area contributed by atoms with E-state index in [0.29, 0.717) is 24.9 Å². The number of hydrogen-bond acceptors (Lipinski definition) is 5. The zero-order chi connectivity index (χ0) is 18.7. The highest BCUT2D eigenvalue weighted by Crippen LogP contribution is 2.26. The first-order valence-electron chi connectivity index (χ1n) is 8.46. The Balaban J connectivity index is 2.13. The van der Waals surface area contributed by atoms with Crippen molar-refractivity contribution in [2.24, 2.45) is 0 Å². The van der Waals surface area contributed by atoms with Crippen LogP contribution in [0.2, 0.25) is 0 Å². The molecule has 0 aliphatic carbocycles. The van der Waals surface area contributed by atoms with Crippen molar-refractivity contribution in [3.05, 3.63) is 24.3 Å². The molecule has 9 heteroatoms. The van der Waals surface area contributed by atoms with Crippen molar-refractivity contribution in [2.45, 2.75) is 56.6 Å². The van der Waals surface area contributed by atoms with Gasteiger partial charge in [0.25, 0.3) is 0 Å². The van der Waals surface area contributed by atoms with E-state index in [4.69, 9.17) is 0 Å². The van der Waals surface area contributed by atoms with Crippen LogP contribution in [0.3, 0.4) is 0 Å². The van der Waals surface area contributed by atoms with Gasteiger partial charge in [-0.2, -0.15) is 4.31 Å². The quantitative estimate of drug-likeness (QED) is 0.738. The predicted molar refractivity (Wildman–Crippen MR) is 97.4 cm³/mol. The zero-order valence-electron chi connectivity index (χ0n) is 14.6. The SMILES string of the molecule is CCCCS(=O)(=O)Nc1ccc(S(=O)(=O)N2CC[C@H](O)C[C@H]2C)cc1. The summed E-state index contributed by atoms with van der Waals surface area (Å²) in [4.78, 5) is 0.118. The monoisotopic (exact) mass is 390 g/mol. The normalized spacial score (nSPS) is 22.7. The number of benzene rings is 1. The smallest absolute Gasteiger partial charge is 0.243 e. The average molecular weight is 391 g/mol. The minimum atomic E-state index is -3.66. The zero-order valence-corrected chi connectivity index (χ0v) is 16.2. The minimum absolute atomic E-state index is 0.0389. The lowest BCUT2D eigenvalue weighted by atomic mass is 10.0. The molecule has 0 amide bonds. The van der Waals surface area contributed by atoms with E-state index in [2.05, 4.69) is 4.72 Å². The van der Waals surface area contributed by atoms with Gasteiger partial charge in [0.05, 0.1) is 16.8 Å². The number of nitrogens with zero attached hydrogens (tertiary/aromatic N) is 1. The third kappa shape index (κ3) is 5.16. The Morgan fingerprint density at radius 2 is 1.84 bits per heavy atom. The van der Waals surface area contributed by atoms with E-state index in [9.17, 15) is 21.9 Å². The van der Waals surface area contributed by atoms with E-state index in [1.807, 2.05) is 6.92 Å². The first-order chi connectivity index (χ1) is 11.7. The second-order valence-corrected chi connectivity index (χ2v) is 10.2. The molecule has 0 radical (unpaired) electrons. The van der Waals surface area contributed by atoms with Gasteiger partial charge in [0.2, 0.25) is 20.0 Å². The fourth-order valence-electron chi connectivity index (χ4n) is 2.88. The highest BCUT2D eigenvalue weighted by Gasteiger charge is 2.33. The predicted octanol–water partition coefficient (Wildman–Crippen LogP) is 1.76. The largest absolute Gasteiger partial charge is 0.393 e. The number of hydrogen-bond donors (Lipinski definition) is 2. The lowest BCUT2D eigenvalue weighted by molar-refractivity contribution is 0.0867. The second kappa shape index (κ2) is 8.03. The molecule has 1 aromatic carbocycles. The first-order valence-corrected chi connectivity index (χ1v) is 11.6. The lowest BCUT2D eigenvalue weighted by Gasteiger charge is -2.34. The number of sulfonamides is 2. The van der Waals surface area contributed by atoms with Gasteiger partial charge in [0.1, 0.15) is 0 Å². The van der Waals surface area contributed by atoms with E-state index < -0.39 is 26.2 Å². The number of rotatable bonds is 7. The van der Waals surface area contributed by atoms with E-state index in [1.165, 1.54) is 28.6 Å². The molecular formula is C16H26N2O5S2. The molecule has 0 spiro atoms. The Kier molecular flexibility index (Phi) is 6.47. The van der Waals surface area contributed by atoms with Crippen LogP contribution in [0, 0.1) is 0 Å². The van der Waals surface area contributed by atoms with Crippen molar-refractivity contribution in [1.29, 1.82) is 0 Å².